The number of benzene rings is 2. The van der Waals surface area contributed by atoms with Crippen molar-refractivity contribution in [1.82, 2.24) is 0 Å². The Morgan fingerprint density at radius 3 is 2.47 bits per heavy atom. The first kappa shape index (κ1) is 8.29. The number of rotatable bonds is 1. The molecule has 0 radical (unpaired) electrons. The first-order valence-corrected chi connectivity index (χ1v) is 4.65. The molecule has 15 heavy (non-hydrogen) atoms. The molecule has 1 heterocycles. The number of aldehydes is 1. The summed E-state index contributed by atoms with van der Waals surface area (Å²) < 4.78 is 10.5. The van der Waals surface area contributed by atoms with Crippen molar-refractivity contribution >= 4 is 17.1 Å². The molecule has 0 bridgehead atoms. The maximum Gasteiger partial charge on any atom is 0.231 e. The third-order valence-corrected chi connectivity index (χ3v) is 2.49. The van der Waals surface area contributed by atoms with Crippen LogP contribution in [0.2, 0.25) is 0 Å². The lowest BCUT2D eigenvalue weighted by Gasteiger charge is -2.01. The Hall–Kier alpha value is -2.03. The van der Waals surface area contributed by atoms with Gasteiger partial charge in [-0.05, 0) is 29.0 Å². The Morgan fingerprint density at radius 1 is 1.00 bits per heavy atom. The quantitative estimate of drug-likeness (QED) is 0.663. The molecule has 1 aliphatic heterocycles. The minimum Gasteiger partial charge on any atom is -0.454 e. The van der Waals surface area contributed by atoms with E-state index in [9.17, 15) is 4.79 Å². The molecule has 1 aliphatic rings. The number of fused-ring (bicyclic) bond motifs is 2. The van der Waals surface area contributed by atoms with Gasteiger partial charge in [-0.3, -0.25) is 4.79 Å². The molecule has 0 atom stereocenters. The van der Waals surface area contributed by atoms with Crippen molar-refractivity contribution in [3.8, 4) is 11.5 Å². The summed E-state index contributed by atoms with van der Waals surface area (Å²) in [7, 11) is 0. The van der Waals surface area contributed by atoms with Crippen molar-refractivity contribution in [2.45, 2.75) is 0 Å². The second kappa shape index (κ2) is 2.98. The van der Waals surface area contributed by atoms with Crippen LogP contribution in [-0.4, -0.2) is 13.1 Å². The average molecular weight is 200 g/mol. The monoisotopic (exact) mass is 200 g/mol. The van der Waals surface area contributed by atoms with Crippen molar-refractivity contribution in [2.24, 2.45) is 0 Å². The molecule has 0 unspecified atom stereocenters. The lowest BCUT2D eigenvalue weighted by molar-refractivity contribution is 0.112. The first-order valence-electron chi connectivity index (χ1n) is 4.65. The van der Waals surface area contributed by atoms with Gasteiger partial charge in [-0.1, -0.05) is 12.1 Å². The summed E-state index contributed by atoms with van der Waals surface area (Å²) in [6, 6.07) is 9.35. The smallest absolute Gasteiger partial charge is 0.231 e. The van der Waals surface area contributed by atoms with E-state index in [0.717, 1.165) is 28.6 Å². The van der Waals surface area contributed by atoms with E-state index in [1.807, 2.05) is 24.3 Å². The van der Waals surface area contributed by atoms with E-state index < -0.39 is 0 Å². The van der Waals surface area contributed by atoms with Gasteiger partial charge in [-0.25, -0.2) is 0 Å². The maximum absolute atomic E-state index is 10.6. The molecule has 0 saturated heterocycles. The summed E-state index contributed by atoms with van der Waals surface area (Å²) in [6.07, 6.45) is 0.837. The Balaban J connectivity index is 2.28. The molecule has 0 aliphatic carbocycles. The molecular weight excluding hydrogens is 192 g/mol. The standard InChI is InChI=1S/C12H8O3/c13-6-8-1-2-9-4-11-12(15-7-14-11)5-10(9)3-8/h1-6H,7H2. The van der Waals surface area contributed by atoms with Crippen molar-refractivity contribution < 1.29 is 14.3 Å². The number of carbonyl (C=O) groups is 1. The molecule has 0 saturated carbocycles. The third-order valence-electron chi connectivity index (χ3n) is 2.49. The Bertz CT molecular complexity index is 546. The van der Waals surface area contributed by atoms with Crippen molar-refractivity contribution in [1.29, 1.82) is 0 Å². The van der Waals surface area contributed by atoms with Crippen molar-refractivity contribution in [2.75, 3.05) is 6.79 Å². The molecule has 2 aromatic carbocycles. The molecule has 0 aromatic heterocycles. The lowest BCUT2D eigenvalue weighted by Crippen LogP contribution is -1.92. The van der Waals surface area contributed by atoms with Crippen LogP contribution >= 0.6 is 0 Å². The lowest BCUT2D eigenvalue weighted by atomic mass is 10.1. The summed E-state index contributed by atoms with van der Waals surface area (Å²) in [4.78, 5) is 10.6. The largest absolute Gasteiger partial charge is 0.454 e. The van der Waals surface area contributed by atoms with Crippen LogP contribution in [0.3, 0.4) is 0 Å². The van der Waals surface area contributed by atoms with E-state index in [4.69, 9.17) is 9.47 Å². The van der Waals surface area contributed by atoms with Gasteiger partial charge in [0, 0.05) is 5.56 Å². The summed E-state index contributed by atoms with van der Waals surface area (Å²) in [5, 5.41) is 2.04. The van der Waals surface area contributed by atoms with Gasteiger partial charge in [-0.15, -0.1) is 0 Å². The van der Waals surface area contributed by atoms with Crippen LogP contribution in [0.25, 0.3) is 10.8 Å². The predicted molar refractivity (Wildman–Crippen MR) is 55.5 cm³/mol. The van der Waals surface area contributed by atoms with Crippen LogP contribution in [-0.2, 0) is 0 Å². The number of carbonyl (C=O) groups excluding carboxylic acids is 1. The van der Waals surface area contributed by atoms with Crippen LogP contribution in [0, 0.1) is 0 Å². The van der Waals surface area contributed by atoms with Gasteiger partial charge in [0.15, 0.2) is 11.5 Å². The van der Waals surface area contributed by atoms with Gasteiger partial charge in [0.1, 0.15) is 6.29 Å². The van der Waals surface area contributed by atoms with Crippen LogP contribution < -0.4 is 9.47 Å². The zero-order chi connectivity index (χ0) is 10.3. The highest BCUT2D eigenvalue weighted by Gasteiger charge is 2.13. The van der Waals surface area contributed by atoms with Gasteiger partial charge in [0.05, 0.1) is 0 Å². The maximum atomic E-state index is 10.6. The molecule has 0 spiro atoms. The molecule has 0 fully saturated rings. The van der Waals surface area contributed by atoms with Crippen LogP contribution in [0.15, 0.2) is 30.3 Å². The van der Waals surface area contributed by atoms with Gasteiger partial charge >= 0.3 is 0 Å². The summed E-state index contributed by atoms with van der Waals surface area (Å²) in [5.41, 5.74) is 0.668. The normalized spacial score (nSPS) is 13.1. The SMILES string of the molecule is O=Cc1ccc2cc3c(cc2c1)OCO3. The van der Waals surface area contributed by atoms with Crippen LogP contribution in [0.4, 0.5) is 0 Å². The molecule has 3 nitrogen and oxygen atoms in total. The number of hydrogen-bond donors (Lipinski definition) is 0. The van der Waals surface area contributed by atoms with E-state index in [0.29, 0.717) is 5.56 Å². The van der Waals surface area contributed by atoms with Crippen molar-refractivity contribution in [3.63, 3.8) is 0 Å². The summed E-state index contributed by atoms with van der Waals surface area (Å²) >= 11 is 0. The van der Waals surface area contributed by atoms with Gasteiger partial charge in [0.2, 0.25) is 6.79 Å². The van der Waals surface area contributed by atoms with E-state index in [1.54, 1.807) is 6.07 Å². The highest BCUT2D eigenvalue weighted by molar-refractivity contribution is 5.91. The first-order chi connectivity index (χ1) is 7.36. The third kappa shape index (κ3) is 1.24. The van der Waals surface area contributed by atoms with Crippen LogP contribution in [0.1, 0.15) is 10.4 Å². The van der Waals surface area contributed by atoms with Crippen molar-refractivity contribution in [3.05, 3.63) is 35.9 Å². The predicted octanol–water partition coefficient (Wildman–Crippen LogP) is 2.38. The average Bonchev–Trinajstić information content (AvgIpc) is 2.72. The Morgan fingerprint density at radius 2 is 1.73 bits per heavy atom. The zero-order valence-corrected chi connectivity index (χ0v) is 7.90. The van der Waals surface area contributed by atoms with E-state index in [2.05, 4.69) is 0 Å². The molecule has 74 valence electrons. The van der Waals surface area contributed by atoms with E-state index >= 15 is 0 Å². The topological polar surface area (TPSA) is 35.5 Å². The van der Waals surface area contributed by atoms with E-state index in [-0.39, 0.29) is 6.79 Å². The zero-order valence-electron chi connectivity index (χ0n) is 7.90. The van der Waals surface area contributed by atoms with Gasteiger partial charge in [0.25, 0.3) is 0 Å². The summed E-state index contributed by atoms with van der Waals surface area (Å²) in [6.45, 7) is 0.270. The molecule has 0 amide bonds. The van der Waals surface area contributed by atoms with Crippen LogP contribution in [0.5, 0.6) is 11.5 Å². The molecule has 3 rings (SSSR count). The fraction of sp³-hybridized carbons (Fsp3) is 0.0833. The Labute approximate surface area is 86.2 Å². The van der Waals surface area contributed by atoms with Gasteiger partial charge in [-0.2, -0.15) is 0 Å². The second-order valence-corrected chi connectivity index (χ2v) is 3.43. The summed E-state index contributed by atoms with van der Waals surface area (Å²) in [5.74, 6) is 1.51. The highest BCUT2D eigenvalue weighted by Crippen LogP contribution is 2.36. The Kier molecular flexibility index (Phi) is 1.65. The highest BCUT2D eigenvalue weighted by atomic mass is 16.7. The fourth-order valence-electron chi connectivity index (χ4n) is 1.73. The van der Waals surface area contributed by atoms with E-state index in [1.165, 1.54) is 0 Å². The number of hydrogen-bond acceptors (Lipinski definition) is 3. The molecular formula is C12H8O3. The molecule has 3 heteroatoms. The molecule has 0 N–H and O–H groups in total. The minimum atomic E-state index is 0.270. The fourth-order valence-corrected chi connectivity index (χ4v) is 1.73. The van der Waals surface area contributed by atoms with Gasteiger partial charge < -0.3 is 9.47 Å². The minimum absolute atomic E-state index is 0.270. The molecule has 2 aromatic rings. The number of ether oxygens (including phenoxy) is 2. The second-order valence-electron chi connectivity index (χ2n) is 3.43.